The summed E-state index contributed by atoms with van der Waals surface area (Å²) in [4.78, 5) is 38.3. The summed E-state index contributed by atoms with van der Waals surface area (Å²) in [5, 5.41) is 0. The lowest BCUT2D eigenvalue weighted by Crippen LogP contribution is -2.30. The first-order valence-electron chi connectivity index (χ1n) is 35.8. The molecule has 0 fully saturated rings. The number of carbonyl (C=O) groups excluding carboxylic acids is 3. The minimum Gasteiger partial charge on any atom is -0.462 e. The largest absolute Gasteiger partial charge is 0.462 e. The molecule has 0 heterocycles. The number of esters is 3. The molecule has 0 bridgehead atoms. The molecule has 6 nitrogen and oxygen atoms in total. The van der Waals surface area contributed by atoms with E-state index >= 15 is 0 Å². The van der Waals surface area contributed by atoms with Crippen LogP contribution >= 0.6 is 0 Å². The zero-order valence-corrected chi connectivity index (χ0v) is 54.3. The van der Waals surface area contributed by atoms with Gasteiger partial charge in [-0.15, -0.1) is 0 Å². The summed E-state index contributed by atoms with van der Waals surface area (Å²) in [6.07, 6.45) is 90.0. The van der Waals surface area contributed by atoms with Crippen LogP contribution < -0.4 is 0 Å². The Hall–Kier alpha value is -2.89. The van der Waals surface area contributed by atoms with E-state index in [9.17, 15) is 14.4 Å². The van der Waals surface area contributed by atoms with E-state index in [-0.39, 0.29) is 31.1 Å². The van der Waals surface area contributed by atoms with Crippen LogP contribution in [0.25, 0.3) is 0 Å². The molecule has 0 rings (SSSR count). The summed E-state index contributed by atoms with van der Waals surface area (Å²) in [7, 11) is 0. The summed E-state index contributed by atoms with van der Waals surface area (Å²) in [6, 6.07) is 0. The highest BCUT2D eigenvalue weighted by Gasteiger charge is 2.19. The van der Waals surface area contributed by atoms with Crippen molar-refractivity contribution in [2.75, 3.05) is 13.2 Å². The third-order valence-corrected chi connectivity index (χ3v) is 16.0. The van der Waals surface area contributed by atoms with E-state index in [0.29, 0.717) is 19.3 Å². The zero-order valence-electron chi connectivity index (χ0n) is 54.3. The molecule has 0 saturated carbocycles. The van der Waals surface area contributed by atoms with Gasteiger partial charge in [0.15, 0.2) is 6.10 Å². The number of rotatable bonds is 66. The first-order valence-corrected chi connectivity index (χ1v) is 35.8. The molecule has 0 aliphatic heterocycles. The van der Waals surface area contributed by atoms with Crippen LogP contribution in [-0.2, 0) is 28.6 Å². The molecule has 0 aromatic rings. The molecule has 0 aromatic heterocycles. The maximum atomic E-state index is 12.9. The number of unbranched alkanes of at least 4 members (excludes halogenated alkanes) is 45. The molecular formula is C75H136O6. The van der Waals surface area contributed by atoms with E-state index in [1.807, 2.05) is 0 Å². The summed E-state index contributed by atoms with van der Waals surface area (Å²) in [5.74, 6) is -0.913. The molecule has 0 aromatic carbocycles. The van der Waals surface area contributed by atoms with E-state index in [1.165, 1.54) is 231 Å². The molecule has 0 spiro atoms. The summed E-state index contributed by atoms with van der Waals surface area (Å²) >= 11 is 0. The van der Waals surface area contributed by atoms with Gasteiger partial charge in [-0.1, -0.05) is 338 Å². The maximum Gasteiger partial charge on any atom is 0.306 e. The van der Waals surface area contributed by atoms with Crippen molar-refractivity contribution < 1.29 is 28.6 Å². The third-order valence-electron chi connectivity index (χ3n) is 16.0. The lowest BCUT2D eigenvalue weighted by atomic mass is 10.0. The predicted molar refractivity (Wildman–Crippen MR) is 353 cm³/mol. The molecule has 0 saturated heterocycles. The van der Waals surface area contributed by atoms with Crippen molar-refractivity contribution in [3.63, 3.8) is 0 Å². The fourth-order valence-electron chi connectivity index (χ4n) is 10.7. The monoisotopic (exact) mass is 1130 g/mol. The van der Waals surface area contributed by atoms with Gasteiger partial charge in [0.1, 0.15) is 13.2 Å². The molecule has 0 N–H and O–H groups in total. The summed E-state index contributed by atoms with van der Waals surface area (Å²) in [6.45, 7) is 6.52. The van der Waals surface area contributed by atoms with Crippen LogP contribution in [0.15, 0.2) is 60.8 Å². The van der Waals surface area contributed by atoms with Crippen LogP contribution in [0.5, 0.6) is 0 Å². The Morgan fingerprint density at radius 2 is 0.481 bits per heavy atom. The van der Waals surface area contributed by atoms with Gasteiger partial charge < -0.3 is 14.2 Å². The van der Waals surface area contributed by atoms with Gasteiger partial charge in [-0.05, 0) is 83.5 Å². The Morgan fingerprint density at radius 3 is 0.778 bits per heavy atom. The Labute approximate surface area is 504 Å². The molecule has 81 heavy (non-hydrogen) atoms. The first-order chi connectivity index (χ1) is 40.0. The van der Waals surface area contributed by atoms with Crippen LogP contribution in [-0.4, -0.2) is 37.2 Å². The molecule has 1 atom stereocenters. The van der Waals surface area contributed by atoms with Crippen molar-refractivity contribution in [3.8, 4) is 0 Å². The third kappa shape index (κ3) is 67.8. The van der Waals surface area contributed by atoms with Crippen LogP contribution in [0.1, 0.15) is 380 Å². The second-order valence-electron chi connectivity index (χ2n) is 24.1. The van der Waals surface area contributed by atoms with Crippen LogP contribution in [0.2, 0.25) is 0 Å². The van der Waals surface area contributed by atoms with E-state index in [1.54, 1.807) is 0 Å². The molecule has 6 heteroatoms. The van der Waals surface area contributed by atoms with Gasteiger partial charge >= 0.3 is 17.9 Å². The number of carbonyl (C=O) groups is 3. The van der Waals surface area contributed by atoms with Gasteiger partial charge in [-0.3, -0.25) is 14.4 Å². The smallest absolute Gasteiger partial charge is 0.306 e. The Kier molecular flexibility index (Phi) is 67.1. The standard InChI is InChI=1S/C75H136O6/c1-4-7-10-13-16-19-22-25-27-29-30-31-32-33-34-35-36-37-38-39-40-41-42-43-44-45-46-48-50-53-56-59-62-65-68-74(77)80-71-72(70-79-73(76)67-64-61-58-55-52-49-24-21-18-15-12-9-6-3)81-75(78)69-66-63-60-57-54-51-47-28-26-23-20-17-14-11-8-5-2/h9,12,18,20-21,23,28,47,49,52,72H,4-8,10-11,13-17,19,22,24-27,29-46,48,50-51,53-71H2,1-3H3/b12-9-,21-18-,23-20-,47-28-,52-49-. The van der Waals surface area contributed by atoms with E-state index in [4.69, 9.17) is 14.2 Å². The average Bonchev–Trinajstić information content (AvgIpc) is 3.46. The van der Waals surface area contributed by atoms with E-state index in [0.717, 1.165) is 109 Å². The van der Waals surface area contributed by atoms with Crippen LogP contribution in [0, 0.1) is 0 Å². The molecule has 0 radical (unpaired) electrons. The molecule has 0 aliphatic rings. The Balaban J connectivity index is 4.09. The fourth-order valence-corrected chi connectivity index (χ4v) is 10.7. The lowest BCUT2D eigenvalue weighted by Gasteiger charge is -2.18. The first kappa shape index (κ1) is 78.1. The SMILES string of the molecule is CC/C=C\C/C=C\C/C=C\CCCCCC(=O)OCC(COC(=O)CCCCCCCCCCCCCCCCCCCCCCCCCCCCCCCCCCCC)OC(=O)CCCCCCC/C=C\C/C=C\CCCCCC. The number of hydrogen-bond acceptors (Lipinski definition) is 6. The van der Waals surface area contributed by atoms with Crippen LogP contribution in [0.4, 0.5) is 0 Å². The predicted octanol–water partition coefficient (Wildman–Crippen LogP) is 24.7. The molecule has 472 valence electrons. The Morgan fingerprint density at radius 1 is 0.259 bits per heavy atom. The second-order valence-corrected chi connectivity index (χ2v) is 24.1. The second kappa shape index (κ2) is 69.6. The lowest BCUT2D eigenvalue weighted by molar-refractivity contribution is -0.167. The van der Waals surface area contributed by atoms with Crippen molar-refractivity contribution >= 4 is 17.9 Å². The van der Waals surface area contributed by atoms with Crippen molar-refractivity contribution in [1.82, 2.24) is 0 Å². The topological polar surface area (TPSA) is 78.9 Å². The summed E-state index contributed by atoms with van der Waals surface area (Å²) in [5.41, 5.74) is 0. The van der Waals surface area contributed by atoms with Gasteiger partial charge in [0, 0.05) is 19.3 Å². The summed E-state index contributed by atoms with van der Waals surface area (Å²) < 4.78 is 16.9. The molecule has 0 amide bonds. The maximum absolute atomic E-state index is 12.9. The van der Waals surface area contributed by atoms with Gasteiger partial charge in [0.2, 0.25) is 0 Å². The van der Waals surface area contributed by atoms with Crippen molar-refractivity contribution in [3.05, 3.63) is 60.8 Å². The quantitative estimate of drug-likeness (QED) is 0.0261. The number of hydrogen-bond donors (Lipinski definition) is 0. The van der Waals surface area contributed by atoms with Gasteiger partial charge in [-0.2, -0.15) is 0 Å². The number of allylic oxidation sites excluding steroid dienone is 10. The molecule has 1 unspecified atom stereocenters. The Bertz CT molecular complexity index is 1440. The highest BCUT2D eigenvalue weighted by atomic mass is 16.6. The van der Waals surface area contributed by atoms with Gasteiger partial charge in [0.25, 0.3) is 0 Å². The average molecular weight is 1130 g/mol. The van der Waals surface area contributed by atoms with Gasteiger partial charge in [-0.25, -0.2) is 0 Å². The highest BCUT2D eigenvalue weighted by molar-refractivity contribution is 5.71. The van der Waals surface area contributed by atoms with Crippen molar-refractivity contribution in [2.24, 2.45) is 0 Å². The highest BCUT2D eigenvalue weighted by Crippen LogP contribution is 2.19. The normalized spacial score (nSPS) is 12.4. The van der Waals surface area contributed by atoms with Gasteiger partial charge in [0.05, 0.1) is 0 Å². The van der Waals surface area contributed by atoms with Crippen molar-refractivity contribution in [2.45, 2.75) is 386 Å². The van der Waals surface area contributed by atoms with Crippen LogP contribution in [0.3, 0.4) is 0 Å². The fraction of sp³-hybridized carbons (Fsp3) is 0.827. The number of ether oxygens (including phenoxy) is 3. The van der Waals surface area contributed by atoms with Crippen molar-refractivity contribution in [1.29, 1.82) is 0 Å². The molecule has 0 aliphatic carbocycles. The zero-order chi connectivity index (χ0) is 58.5. The minimum absolute atomic E-state index is 0.0866. The van der Waals surface area contributed by atoms with E-state index in [2.05, 4.69) is 81.5 Å². The molecular weight excluding hydrogens is 997 g/mol. The minimum atomic E-state index is -0.794. The van der Waals surface area contributed by atoms with E-state index < -0.39 is 6.10 Å².